The fraction of sp³-hybridized carbons (Fsp3) is 0.533. The van der Waals surface area contributed by atoms with Crippen molar-refractivity contribution in [2.45, 2.75) is 38.1 Å². The summed E-state index contributed by atoms with van der Waals surface area (Å²) >= 11 is 5.93. The third kappa shape index (κ3) is 4.39. The van der Waals surface area contributed by atoms with E-state index in [2.05, 4.69) is 10.6 Å². The molecule has 0 heterocycles. The predicted octanol–water partition coefficient (Wildman–Crippen LogP) is 3.21. The van der Waals surface area contributed by atoms with Crippen LogP contribution >= 0.6 is 11.6 Å². The largest absolute Gasteiger partial charge is 0.495 e. The van der Waals surface area contributed by atoms with E-state index < -0.39 is 0 Å². The zero-order chi connectivity index (χ0) is 14.4. The normalized spacial score (nSPS) is 15.9. The number of benzene rings is 1. The van der Waals surface area contributed by atoms with Crippen molar-refractivity contribution < 1.29 is 9.53 Å². The first-order valence-electron chi connectivity index (χ1n) is 7.06. The fourth-order valence-electron chi connectivity index (χ4n) is 2.52. The van der Waals surface area contributed by atoms with Crippen molar-refractivity contribution in [3.63, 3.8) is 0 Å². The highest BCUT2D eigenvalue weighted by atomic mass is 35.5. The number of anilines is 1. The van der Waals surface area contributed by atoms with Crippen molar-refractivity contribution in [1.29, 1.82) is 0 Å². The maximum absolute atomic E-state index is 12.0. The van der Waals surface area contributed by atoms with Crippen LogP contribution in [0.3, 0.4) is 0 Å². The Morgan fingerprint density at radius 2 is 2.10 bits per heavy atom. The van der Waals surface area contributed by atoms with E-state index in [1.807, 2.05) is 0 Å². The molecule has 2 N–H and O–H groups in total. The maximum atomic E-state index is 12.0. The van der Waals surface area contributed by atoms with Crippen molar-refractivity contribution in [2.24, 2.45) is 0 Å². The first-order chi connectivity index (χ1) is 9.69. The molecule has 1 aliphatic carbocycles. The van der Waals surface area contributed by atoms with Crippen LogP contribution in [0.15, 0.2) is 18.2 Å². The number of ether oxygens (including phenoxy) is 1. The molecule has 5 heteroatoms. The number of carbonyl (C=O) groups excluding carboxylic acids is 1. The highest BCUT2D eigenvalue weighted by molar-refractivity contribution is 6.31. The van der Waals surface area contributed by atoms with Crippen molar-refractivity contribution in [1.82, 2.24) is 5.32 Å². The molecule has 1 aromatic rings. The summed E-state index contributed by atoms with van der Waals surface area (Å²) in [5.41, 5.74) is 0.607. The van der Waals surface area contributed by atoms with Gasteiger partial charge in [-0.15, -0.1) is 0 Å². The summed E-state index contributed by atoms with van der Waals surface area (Å²) in [5, 5.41) is 6.71. The minimum atomic E-state index is -0.0730. The number of rotatable bonds is 5. The first kappa shape index (κ1) is 15.1. The Balaban J connectivity index is 1.86. The van der Waals surface area contributed by atoms with Gasteiger partial charge in [0.15, 0.2) is 0 Å². The van der Waals surface area contributed by atoms with Crippen molar-refractivity contribution in [3.8, 4) is 5.75 Å². The van der Waals surface area contributed by atoms with E-state index in [0.29, 0.717) is 29.0 Å². The molecular weight excluding hydrogens is 276 g/mol. The molecule has 1 aromatic carbocycles. The number of nitrogens with one attached hydrogen (secondary N) is 2. The molecule has 4 nitrogen and oxygen atoms in total. The molecule has 0 aliphatic heterocycles. The van der Waals surface area contributed by atoms with Crippen LogP contribution in [0.4, 0.5) is 5.69 Å². The van der Waals surface area contributed by atoms with Crippen molar-refractivity contribution in [2.75, 3.05) is 19.0 Å². The van der Waals surface area contributed by atoms with Gasteiger partial charge in [0.2, 0.25) is 5.91 Å². The molecule has 1 saturated carbocycles. The van der Waals surface area contributed by atoms with Gasteiger partial charge in [-0.05, 0) is 31.0 Å². The summed E-state index contributed by atoms with van der Waals surface area (Å²) in [5.74, 6) is 0.538. The zero-order valence-electron chi connectivity index (χ0n) is 11.7. The van der Waals surface area contributed by atoms with Gasteiger partial charge in [0.05, 0.1) is 19.3 Å². The first-order valence-corrected chi connectivity index (χ1v) is 7.43. The van der Waals surface area contributed by atoms with Gasteiger partial charge < -0.3 is 15.4 Å². The Morgan fingerprint density at radius 3 is 2.80 bits per heavy atom. The van der Waals surface area contributed by atoms with Crippen LogP contribution in [0.25, 0.3) is 0 Å². The van der Waals surface area contributed by atoms with E-state index in [-0.39, 0.29) is 5.91 Å². The lowest BCUT2D eigenvalue weighted by molar-refractivity contribution is -0.115. The third-order valence-electron chi connectivity index (χ3n) is 3.59. The summed E-state index contributed by atoms with van der Waals surface area (Å²) in [6, 6.07) is 5.64. The molecule has 0 aromatic heterocycles. The second-order valence-corrected chi connectivity index (χ2v) is 5.55. The molecule has 2 rings (SSSR count). The van der Waals surface area contributed by atoms with Crippen LogP contribution < -0.4 is 15.4 Å². The van der Waals surface area contributed by atoms with Crippen LogP contribution in [0, 0.1) is 0 Å². The minimum Gasteiger partial charge on any atom is -0.495 e. The van der Waals surface area contributed by atoms with E-state index >= 15 is 0 Å². The summed E-state index contributed by atoms with van der Waals surface area (Å²) in [6.45, 7) is 0.320. The van der Waals surface area contributed by atoms with Gasteiger partial charge in [0.1, 0.15) is 5.75 Å². The van der Waals surface area contributed by atoms with E-state index in [1.54, 1.807) is 25.3 Å². The average Bonchev–Trinajstić information content (AvgIpc) is 2.46. The fourth-order valence-corrected chi connectivity index (χ4v) is 2.69. The molecule has 0 radical (unpaired) electrons. The van der Waals surface area contributed by atoms with Crippen molar-refractivity contribution >= 4 is 23.2 Å². The van der Waals surface area contributed by atoms with Gasteiger partial charge in [-0.1, -0.05) is 30.9 Å². The molecule has 110 valence electrons. The summed E-state index contributed by atoms with van der Waals surface area (Å²) in [4.78, 5) is 12.0. The van der Waals surface area contributed by atoms with E-state index in [0.717, 1.165) is 12.8 Å². The van der Waals surface area contributed by atoms with Gasteiger partial charge in [-0.2, -0.15) is 0 Å². The van der Waals surface area contributed by atoms with Crippen molar-refractivity contribution in [3.05, 3.63) is 23.2 Å². The molecule has 1 fully saturated rings. The number of methoxy groups -OCH3 is 1. The van der Waals surface area contributed by atoms with Gasteiger partial charge in [-0.3, -0.25) is 4.79 Å². The molecule has 0 saturated heterocycles. The zero-order valence-corrected chi connectivity index (χ0v) is 12.5. The van der Waals surface area contributed by atoms with Crippen LogP contribution in [0.2, 0.25) is 5.02 Å². The van der Waals surface area contributed by atoms with Crippen LogP contribution in [-0.4, -0.2) is 25.6 Å². The molecular formula is C15H21ClN2O2. The van der Waals surface area contributed by atoms with Crippen LogP contribution in [0.1, 0.15) is 32.1 Å². The van der Waals surface area contributed by atoms with Crippen LogP contribution in [0.5, 0.6) is 5.75 Å². The summed E-state index contributed by atoms with van der Waals surface area (Å²) in [6.07, 6.45) is 6.13. The molecule has 20 heavy (non-hydrogen) atoms. The number of hydrogen-bond acceptors (Lipinski definition) is 3. The number of halogens is 1. The average molecular weight is 297 g/mol. The highest BCUT2D eigenvalue weighted by Crippen LogP contribution is 2.27. The van der Waals surface area contributed by atoms with Gasteiger partial charge in [-0.25, -0.2) is 0 Å². The Labute approximate surface area is 124 Å². The maximum Gasteiger partial charge on any atom is 0.238 e. The third-order valence-corrected chi connectivity index (χ3v) is 3.83. The van der Waals surface area contributed by atoms with E-state index in [9.17, 15) is 4.79 Å². The Kier molecular flexibility index (Phi) is 5.68. The smallest absolute Gasteiger partial charge is 0.238 e. The molecule has 1 amide bonds. The lowest BCUT2D eigenvalue weighted by Crippen LogP contribution is -2.37. The molecule has 1 aliphatic rings. The monoisotopic (exact) mass is 296 g/mol. The molecule has 0 unspecified atom stereocenters. The quantitative estimate of drug-likeness (QED) is 0.877. The van der Waals surface area contributed by atoms with Gasteiger partial charge >= 0.3 is 0 Å². The Morgan fingerprint density at radius 1 is 1.35 bits per heavy atom. The van der Waals surface area contributed by atoms with E-state index in [1.165, 1.54) is 19.3 Å². The molecule has 0 atom stereocenters. The van der Waals surface area contributed by atoms with Gasteiger partial charge in [0.25, 0.3) is 0 Å². The topological polar surface area (TPSA) is 50.4 Å². The lowest BCUT2D eigenvalue weighted by atomic mass is 9.95. The Bertz CT molecular complexity index is 459. The Hall–Kier alpha value is -1.26. The minimum absolute atomic E-state index is 0.0730. The second kappa shape index (κ2) is 7.50. The number of carbonyl (C=O) groups is 1. The van der Waals surface area contributed by atoms with E-state index in [4.69, 9.17) is 16.3 Å². The molecule has 0 spiro atoms. The summed E-state index contributed by atoms with van der Waals surface area (Å²) < 4.78 is 5.20. The SMILES string of the molecule is COc1ccc(Cl)cc1NC(=O)CNC1CCCCC1. The second-order valence-electron chi connectivity index (χ2n) is 5.11. The lowest BCUT2D eigenvalue weighted by Gasteiger charge is -2.22. The molecule has 0 bridgehead atoms. The number of hydrogen-bond donors (Lipinski definition) is 2. The predicted molar refractivity (Wildman–Crippen MR) is 81.5 cm³/mol. The highest BCUT2D eigenvalue weighted by Gasteiger charge is 2.14. The van der Waals surface area contributed by atoms with Gasteiger partial charge in [0, 0.05) is 11.1 Å². The summed E-state index contributed by atoms with van der Waals surface area (Å²) in [7, 11) is 1.57. The van der Waals surface area contributed by atoms with Crippen LogP contribution in [-0.2, 0) is 4.79 Å². The standard InChI is InChI=1S/C15H21ClN2O2/c1-20-14-8-7-11(16)9-13(14)18-15(19)10-17-12-5-3-2-4-6-12/h7-9,12,17H,2-6,10H2,1H3,(H,18,19). The number of amides is 1.